The summed E-state index contributed by atoms with van der Waals surface area (Å²) in [5.41, 5.74) is 10.0. The molecule has 0 saturated carbocycles. The number of rotatable bonds is 10. The molecule has 15 heteroatoms. The Hall–Kier alpha value is -5.90. The monoisotopic (exact) mass is 865 g/mol. The van der Waals surface area contributed by atoms with Gasteiger partial charge >= 0.3 is 6.03 Å². The number of benzene rings is 2. The Bertz CT molecular complexity index is 2530. The maximum absolute atomic E-state index is 13.0. The predicted octanol–water partition coefficient (Wildman–Crippen LogP) is 5.68. The first-order chi connectivity index (χ1) is 31.1. The number of hydrogen-bond acceptors (Lipinski definition) is 11. The van der Waals surface area contributed by atoms with Crippen molar-refractivity contribution in [3.05, 3.63) is 83.8 Å². The minimum atomic E-state index is -0.362. The van der Waals surface area contributed by atoms with Gasteiger partial charge in [-0.3, -0.25) is 29.6 Å². The summed E-state index contributed by atoms with van der Waals surface area (Å²) in [4.78, 5) is 68.3. The van der Waals surface area contributed by atoms with Crippen molar-refractivity contribution >= 4 is 46.1 Å². The molecule has 5 aromatic rings. The lowest BCUT2D eigenvalue weighted by molar-refractivity contribution is -0.136. The average molecular weight is 866 g/mol. The summed E-state index contributed by atoms with van der Waals surface area (Å²) in [5, 5.41) is 3.39. The van der Waals surface area contributed by atoms with E-state index < -0.39 is 0 Å². The third-order valence-electron chi connectivity index (χ3n) is 13.8. The maximum atomic E-state index is 13.0. The van der Waals surface area contributed by atoms with Gasteiger partial charge in [0, 0.05) is 124 Å². The smallest absolute Gasteiger partial charge is 0.328 e. The molecule has 4 amide bonds. The number of aryl methyl sites for hydroxylation is 1. The summed E-state index contributed by atoms with van der Waals surface area (Å²) >= 11 is 0. The molecular weight excluding hydrogens is 807 g/mol. The van der Waals surface area contributed by atoms with E-state index >= 15 is 0 Å². The van der Waals surface area contributed by atoms with Crippen LogP contribution in [0, 0.1) is 18.8 Å². The molecule has 2 unspecified atom stereocenters. The van der Waals surface area contributed by atoms with Crippen LogP contribution in [0.25, 0.3) is 33.5 Å². The Morgan fingerprint density at radius 1 is 0.859 bits per heavy atom. The molecule has 2 aromatic carbocycles. The number of nitrogens with one attached hydrogen (secondary N) is 2. The number of carbonyl (C=O) groups excluding carboxylic acids is 3. The van der Waals surface area contributed by atoms with Crippen molar-refractivity contribution in [2.45, 2.75) is 59.2 Å². The maximum Gasteiger partial charge on any atom is 0.328 e. The second kappa shape index (κ2) is 17.9. The number of nitrogens with zero attached hydrogens (tertiary/aromatic N) is 9. The molecule has 2 N–H and O–H groups in total. The second-order valence-corrected chi connectivity index (χ2v) is 18.8. The summed E-state index contributed by atoms with van der Waals surface area (Å²) in [6, 6.07) is 19.0. The topological polar surface area (TPSA) is 146 Å². The van der Waals surface area contributed by atoms with Crippen molar-refractivity contribution < 1.29 is 19.1 Å². The van der Waals surface area contributed by atoms with Crippen molar-refractivity contribution in [1.29, 1.82) is 0 Å². The summed E-state index contributed by atoms with van der Waals surface area (Å²) in [6.45, 7) is 17.8. The number of pyridine rings is 1. The summed E-state index contributed by atoms with van der Waals surface area (Å²) in [5.74, 6) is 2.12. The van der Waals surface area contributed by atoms with Crippen molar-refractivity contribution in [3.63, 3.8) is 0 Å². The minimum Gasteiger partial charge on any atom is -0.375 e. The van der Waals surface area contributed by atoms with Crippen LogP contribution in [0.3, 0.4) is 0 Å². The fourth-order valence-corrected chi connectivity index (χ4v) is 10.4. The minimum absolute atomic E-state index is 0.200. The molecule has 0 bridgehead atoms. The number of hydrogen-bond donors (Lipinski definition) is 2. The van der Waals surface area contributed by atoms with Crippen LogP contribution >= 0.6 is 0 Å². The third kappa shape index (κ3) is 8.80. The SMILES string of the molecule is Cc1cc(-c2ncnc3[nH]c(-c4ccc(N5CCN(CC6CCN7c8ccc(N9CCC(=O)NC9=O)cc8COCC7C6)CC5)nc4)cc23)ccc1CN1CCN(CC(C)C)CC1=O. The number of piperidine rings is 1. The van der Waals surface area contributed by atoms with Gasteiger partial charge in [0.15, 0.2) is 0 Å². The molecule has 0 aliphatic carbocycles. The molecule has 64 heavy (non-hydrogen) atoms. The lowest BCUT2D eigenvalue weighted by Crippen LogP contribution is -2.51. The molecule has 15 nitrogen and oxygen atoms in total. The Kier molecular flexibility index (Phi) is 11.8. The highest BCUT2D eigenvalue weighted by atomic mass is 16.5. The number of fused-ring (bicyclic) bond motifs is 4. The number of aromatic nitrogens is 4. The van der Waals surface area contributed by atoms with Crippen LogP contribution in [0.15, 0.2) is 67.1 Å². The van der Waals surface area contributed by atoms with Crippen molar-refractivity contribution in [2.75, 3.05) is 93.3 Å². The van der Waals surface area contributed by atoms with Gasteiger partial charge < -0.3 is 24.4 Å². The second-order valence-electron chi connectivity index (χ2n) is 18.8. The van der Waals surface area contributed by atoms with Gasteiger partial charge in [-0.05, 0) is 85.2 Å². The van der Waals surface area contributed by atoms with E-state index in [9.17, 15) is 14.4 Å². The van der Waals surface area contributed by atoms with Gasteiger partial charge in [-0.15, -0.1) is 0 Å². The first-order valence-corrected chi connectivity index (χ1v) is 23.1. The molecule has 3 aromatic heterocycles. The van der Waals surface area contributed by atoms with Gasteiger partial charge in [-0.1, -0.05) is 26.0 Å². The van der Waals surface area contributed by atoms with E-state index in [2.05, 4.69) is 104 Å². The number of amides is 4. The van der Waals surface area contributed by atoms with E-state index in [1.807, 2.05) is 17.2 Å². The Balaban J connectivity index is 0.729. The zero-order valence-electron chi connectivity index (χ0n) is 37.3. The highest BCUT2D eigenvalue weighted by Crippen LogP contribution is 2.37. The van der Waals surface area contributed by atoms with Gasteiger partial charge in [-0.2, -0.15) is 0 Å². The van der Waals surface area contributed by atoms with Gasteiger partial charge in [0.25, 0.3) is 0 Å². The normalized spacial score (nSPS) is 21.3. The molecule has 8 heterocycles. The Morgan fingerprint density at radius 3 is 2.48 bits per heavy atom. The van der Waals surface area contributed by atoms with Crippen molar-refractivity contribution in [2.24, 2.45) is 11.8 Å². The van der Waals surface area contributed by atoms with E-state index in [0.29, 0.717) is 57.1 Å². The first-order valence-electron chi connectivity index (χ1n) is 23.1. The molecule has 4 fully saturated rings. The van der Waals surface area contributed by atoms with E-state index in [-0.39, 0.29) is 17.8 Å². The Morgan fingerprint density at radius 2 is 1.70 bits per heavy atom. The van der Waals surface area contributed by atoms with E-state index in [1.165, 1.54) is 5.69 Å². The van der Waals surface area contributed by atoms with Gasteiger partial charge in [0.2, 0.25) is 11.8 Å². The van der Waals surface area contributed by atoms with Gasteiger partial charge in [0.05, 0.1) is 31.5 Å². The third-order valence-corrected chi connectivity index (χ3v) is 13.8. The zero-order chi connectivity index (χ0) is 43.9. The van der Waals surface area contributed by atoms with E-state index in [0.717, 1.165) is 133 Å². The molecule has 334 valence electrons. The molecule has 5 aliphatic rings. The largest absolute Gasteiger partial charge is 0.375 e. The number of carbonyl (C=O) groups is 3. The number of ether oxygens (including phenoxy) is 1. The molecule has 4 saturated heterocycles. The van der Waals surface area contributed by atoms with Crippen LogP contribution in [0.5, 0.6) is 0 Å². The summed E-state index contributed by atoms with van der Waals surface area (Å²) < 4.78 is 6.23. The first kappa shape index (κ1) is 42.1. The molecule has 0 spiro atoms. The van der Waals surface area contributed by atoms with Crippen LogP contribution in [0.4, 0.5) is 22.0 Å². The molecule has 0 radical (unpaired) electrons. The van der Waals surface area contributed by atoms with Crippen molar-refractivity contribution in [1.82, 2.24) is 40.0 Å². The average Bonchev–Trinajstić information content (AvgIpc) is 3.65. The number of aromatic amines is 1. The zero-order valence-corrected chi connectivity index (χ0v) is 37.3. The number of anilines is 3. The fourth-order valence-electron chi connectivity index (χ4n) is 10.4. The molecule has 5 aliphatic heterocycles. The number of H-pyrrole nitrogens is 1. The quantitative estimate of drug-likeness (QED) is 0.179. The highest BCUT2D eigenvalue weighted by Gasteiger charge is 2.34. The van der Waals surface area contributed by atoms with Crippen LogP contribution in [0.2, 0.25) is 0 Å². The molecule has 10 rings (SSSR count). The fraction of sp³-hybridized carbons (Fsp3) is 0.469. The summed E-state index contributed by atoms with van der Waals surface area (Å²) in [6.07, 6.45) is 6.10. The molecular formula is C49H59N11O4. The number of urea groups is 1. The van der Waals surface area contributed by atoms with Gasteiger partial charge in [0.1, 0.15) is 17.8 Å². The number of piperazine rings is 2. The lowest BCUT2D eigenvalue weighted by Gasteiger charge is -2.43. The highest BCUT2D eigenvalue weighted by molar-refractivity contribution is 6.05. The number of imide groups is 1. The van der Waals surface area contributed by atoms with Crippen LogP contribution < -0.4 is 20.0 Å². The van der Waals surface area contributed by atoms with E-state index in [1.54, 1.807) is 11.2 Å². The van der Waals surface area contributed by atoms with Crippen LogP contribution in [-0.4, -0.2) is 137 Å². The molecule has 2 atom stereocenters. The van der Waals surface area contributed by atoms with Crippen LogP contribution in [0.1, 0.15) is 49.8 Å². The Labute approximate surface area is 374 Å². The van der Waals surface area contributed by atoms with E-state index in [4.69, 9.17) is 14.7 Å². The van der Waals surface area contributed by atoms with Gasteiger partial charge in [-0.25, -0.2) is 19.7 Å². The summed E-state index contributed by atoms with van der Waals surface area (Å²) in [7, 11) is 0. The van der Waals surface area contributed by atoms with Crippen LogP contribution in [-0.2, 0) is 27.5 Å². The lowest BCUT2D eigenvalue weighted by atomic mass is 9.89. The standard InChI is InChI=1S/C49H59N11O4/c1-32(2)25-56-16-19-58(46(62)28-56)27-37-5-4-35(20-33(37)3)47-41-23-42(53-48(41)52-31-51-47)36-6-9-44(50-24-36)57-17-14-55(15-18-57)26-34-10-12-59-40(21-34)30-64-29-38-22-39(7-8-43(38)59)60-13-11-45(61)54-49(60)63/h4-9,20,22-24,31-32,34,40H,10-19,21,25-30H2,1-3H3,(H,51,52,53)(H,54,61,63). The predicted molar refractivity (Wildman–Crippen MR) is 248 cm³/mol. The van der Waals surface area contributed by atoms with Crippen molar-refractivity contribution in [3.8, 4) is 22.5 Å².